The van der Waals surface area contributed by atoms with Crippen LogP contribution in [-0.4, -0.2) is 26.8 Å². The molecular formula is C22H18Cl2N6OS3. The highest BCUT2D eigenvalue weighted by Gasteiger charge is 2.15. The van der Waals surface area contributed by atoms with E-state index in [4.69, 9.17) is 53.4 Å². The van der Waals surface area contributed by atoms with E-state index in [0.717, 1.165) is 10.4 Å². The summed E-state index contributed by atoms with van der Waals surface area (Å²) < 4.78 is 0. The highest BCUT2D eigenvalue weighted by Crippen LogP contribution is 2.24. The highest BCUT2D eigenvalue weighted by atomic mass is 35.5. The molecule has 0 saturated carbocycles. The van der Waals surface area contributed by atoms with Gasteiger partial charge in [0.1, 0.15) is 5.71 Å². The van der Waals surface area contributed by atoms with E-state index >= 15 is 0 Å². The number of hydrazone groups is 1. The standard InChI is InChI=1S/C22H18Cl2N6OS3/c1-12-18(17(29-30-20(25)32)11-4-13-2-7-15(23)8-3-13)34-22(26-12)28-21(33)27-19(31)14-5-9-16(24)10-6-14/h2-11H,1H3,(H3,25,30,32)(H2,26,27,28,31,33)/b11-4+,29-17-. The third-order valence-electron chi connectivity index (χ3n) is 4.17. The van der Waals surface area contributed by atoms with Crippen molar-refractivity contribution >= 4 is 92.0 Å². The van der Waals surface area contributed by atoms with Crippen LogP contribution in [0.15, 0.2) is 59.7 Å². The number of carbonyl (C=O) groups is 1. The molecular weight excluding hydrogens is 531 g/mol. The number of halogens is 2. The van der Waals surface area contributed by atoms with Gasteiger partial charge in [0.2, 0.25) is 0 Å². The van der Waals surface area contributed by atoms with Crippen LogP contribution in [0.1, 0.15) is 26.5 Å². The summed E-state index contributed by atoms with van der Waals surface area (Å²) in [6, 6.07) is 13.8. The molecule has 0 bridgehead atoms. The average molecular weight is 550 g/mol. The number of hydrogen-bond donors (Lipinski definition) is 4. The fourth-order valence-corrected chi connectivity index (χ4v) is 4.11. The van der Waals surface area contributed by atoms with Crippen LogP contribution in [0.5, 0.6) is 0 Å². The second-order valence-corrected chi connectivity index (χ2v) is 9.43. The van der Waals surface area contributed by atoms with Crippen LogP contribution >= 0.6 is 59.0 Å². The van der Waals surface area contributed by atoms with Gasteiger partial charge in [-0.25, -0.2) is 4.98 Å². The van der Waals surface area contributed by atoms with Gasteiger partial charge in [0.15, 0.2) is 15.4 Å². The van der Waals surface area contributed by atoms with Crippen molar-refractivity contribution in [2.45, 2.75) is 6.92 Å². The number of thiocarbonyl (C=S) groups is 2. The summed E-state index contributed by atoms with van der Waals surface area (Å²) >= 11 is 23.2. The monoisotopic (exact) mass is 548 g/mol. The highest BCUT2D eigenvalue weighted by molar-refractivity contribution is 7.80. The number of carbonyl (C=O) groups excluding carboxylic acids is 1. The van der Waals surface area contributed by atoms with Gasteiger partial charge in [-0.15, -0.1) is 0 Å². The molecule has 1 aromatic heterocycles. The van der Waals surface area contributed by atoms with Gasteiger partial charge < -0.3 is 11.1 Å². The van der Waals surface area contributed by atoms with Crippen LogP contribution in [0.4, 0.5) is 5.13 Å². The molecule has 2 aromatic carbocycles. The summed E-state index contributed by atoms with van der Waals surface area (Å²) in [6.45, 7) is 1.83. The molecule has 12 heteroatoms. The molecule has 174 valence electrons. The Morgan fingerprint density at radius 1 is 1.09 bits per heavy atom. The minimum absolute atomic E-state index is 0.0315. The zero-order valence-corrected chi connectivity index (χ0v) is 21.6. The molecule has 3 rings (SSSR count). The van der Waals surface area contributed by atoms with Crippen LogP contribution in [0.2, 0.25) is 10.0 Å². The van der Waals surface area contributed by atoms with Gasteiger partial charge >= 0.3 is 0 Å². The molecule has 0 aliphatic heterocycles. The summed E-state index contributed by atoms with van der Waals surface area (Å²) in [5.74, 6) is -0.364. The summed E-state index contributed by atoms with van der Waals surface area (Å²) in [4.78, 5) is 17.6. The van der Waals surface area contributed by atoms with E-state index in [1.54, 1.807) is 42.5 Å². The molecule has 0 unspecified atom stereocenters. The first kappa shape index (κ1) is 25.7. The van der Waals surface area contributed by atoms with E-state index in [0.29, 0.717) is 32.1 Å². The lowest BCUT2D eigenvalue weighted by molar-refractivity contribution is 0.0977. The maximum Gasteiger partial charge on any atom is 0.257 e. The second-order valence-electron chi connectivity index (χ2n) is 6.71. The number of nitrogens with two attached hydrogens (primary N) is 1. The van der Waals surface area contributed by atoms with Crippen LogP contribution in [0.25, 0.3) is 6.08 Å². The quantitative estimate of drug-likeness (QED) is 0.192. The lowest BCUT2D eigenvalue weighted by Crippen LogP contribution is -2.34. The first-order chi connectivity index (χ1) is 16.2. The Balaban J connectivity index is 1.76. The number of nitrogens with one attached hydrogen (secondary N) is 3. The van der Waals surface area contributed by atoms with Crippen molar-refractivity contribution in [2.24, 2.45) is 10.8 Å². The number of hydrogen-bond acceptors (Lipinski definition) is 6. The zero-order chi connectivity index (χ0) is 24.7. The van der Waals surface area contributed by atoms with E-state index in [9.17, 15) is 4.79 Å². The van der Waals surface area contributed by atoms with Crippen molar-refractivity contribution in [1.82, 2.24) is 15.7 Å². The third-order valence-corrected chi connectivity index (χ3v) is 6.07. The Morgan fingerprint density at radius 3 is 2.32 bits per heavy atom. The number of aryl methyl sites for hydroxylation is 1. The van der Waals surface area contributed by atoms with Crippen molar-refractivity contribution < 1.29 is 4.79 Å². The molecule has 3 aromatic rings. The molecule has 0 spiro atoms. The number of thiazole rings is 1. The molecule has 0 atom stereocenters. The molecule has 0 aliphatic rings. The molecule has 1 heterocycles. The summed E-state index contributed by atoms with van der Waals surface area (Å²) in [5, 5.41) is 11.6. The summed E-state index contributed by atoms with van der Waals surface area (Å²) in [6.07, 6.45) is 3.68. The maximum absolute atomic E-state index is 12.4. The zero-order valence-electron chi connectivity index (χ0n) is 17.6. The Bertz CT molecular complexity index is 1270. The van der Waals surface area contributed by atoms with Gasteiger partial charge in [-0.3, -0.25) is 15.5 Å². The first-order valence-electron chi connectivity index (χ1n) is 9.64. The summed E-state index contributed by atoms with van der Waals surface area (Å²) in [7, 11) is 0. The number of amides is 1. The minimum atomic E-state index is -0.364. The summed E-state index contributed by atoms with van der Waals surface area (Å²) in [5.41, 5.74) is 10.8. The van der Waals surface area contributed by atoms with Crippen LogP contribution in [-0.2, 0) is 0 Å². The number of anilines is 1. The molecule has 0 aliphatic carbocycles. The first-order valence-corrected chi connectivity index (χ1v) is 12.0. The van der Waals surface area contributed by atoms with E-state index < -0.39 is 0 Å². The van der Waals surface area contributed by atoms with Gasteiger partial charge in [0, 0.05) is 15.6 Å². The van der Waals surface area contributed by atoms with Gasteiger partial charge in [0.05, 0.1) is 10.6 Å². The Labute approximate surface area is 221 Å². The van der Waals surface area contributed by atoms with E-state index in [-0.39, 0.29) is 16.1 Å². The minimum Gasteiger partial charge on any atom is -0.375 e. The van der Waals surface area contributed by atoms with E-state index in [2.05, 4.69) is 26.1 Å². The van der Waals surface area contributed by atoms with Crippen molar-refractivity contribution in [1.29, 1.82) is 0 Å². The molecule has 0 saturated heterocycles. The van der Waals surface area contributed by atoms with Crippen LogP contribution < -0.4 is 21.8 Å². The van der Waals surface area contributed by atoms with Crippen LogP contribution in [0, 0.1) is 6.92 Å². The molecule has 0 radical (unpaired) electrons. The Hall–Kier alpha value is -2.89. The normalized spacial score (nSPS) is 11.3. The molecule has 1 amide bonds. The van der Waals surface area contributed by atoms with Gasteiger partial charge in [0.25, 0.3) is 5.91 Å². The van der Waals surface area contributed by atoms with Gasteiger partial charge in [-0.2, -0.15) is 5.10 Å². The Morgan fingerprint density at radius 2 is 1.71 bits per heavy atom. The molecule has 34 heavy (non-hydrogen) atoms. The van der Waals surface area contributed by atoms with Crippen LogP contribution in [0.3, 0.4) is 0 Å². The van der Waals surface area contributed by atoms with Gasteiger partial charge in [-0.05, 0) is 79.4 Å². The average Bonchev–Trinajstić information content (AvgIpc) is 3.14. The Kier molecular flexibility index (Phi) is 9.08. The third kappa shape index (κ3) is 7.57. The molecule has 7 nitrogen and oxygen atoms in total. The number of benzene rings is 2. The number of rotatable bonds is 6. The molecule has 0 fully saturated rings. The smallest absolute Gasteiger partial charge is 0.257 e. The van der Waals surface area contributed by atoms with Crippen molar-refractivity contribution in [3.63, 3.8) is 0 Å². The van der Waals surface area contributed by atoms with Gasteiger partial charge in [-0.1, -0.05) is 52.7 Å². The molecule has 5 N–H and O–H groups in total. The lowest BCUT2D eigenvalue weighted by Gasteiger charge is -2.07. The maximum atomic E-state index is 12.4. The largest absolute Gasteiger partial charge is 0.375 e. The predicted molar refractivity (Wildman–Crippen MR) is 149 cm³/mol. The van der Waals surface area contributed by atoms with E-state index in [1.807, 2.05) is 25.1 Å². The lowest BCUT2D eigenvalue weighted by atomic mass is 10.1. The van der Waals surface area contributed by atoms with Crippen molar-refractivity contribution in [3.8, 4) is 0 Å². The fourth-order valence-electron chi connectivity index (χ4n) is 2.62. The SMILES string of the molecule is Cc1nc(NC(=S)NC(=O)c2ccc(Cl)cc2)sc1C(/C=C/c1ccc(Cl)cc1)=N\NC(N)=S. The number of aromatic nitrogens is 1. The topological polar surface area (TPSA) is 104 Å². The number of nitrogens with zero attached hydrogens (tertiary/aromatic N) is 2. The second kappa shape index (κ2) is 12.0. The van der Waals surface area contributed by atoms with Crippen molar-refractivity contribution in [3.05, 3.63) is 86.4 Å². The van der Waals surface area contributed by atoms with Crippen molar-refractivity contribution in [2.75, 3.05) is 5.32 Å². The fraction of sp³-hybridized carbons (Fsp3) is 0.0455. The number of allylic oxidation sites excluding steroid dienone is 1. The predicted octanol–water partition coefficient (Wildman–Crippen LogP) is 5.14. The van der Waals surface area contributed by atoms with E-state index in [1.165, 1.54) is 11.3 Å².